The molecule has 1 heterocycles. The molecule has 28 heavy (non-hydrogen) atoms. The van der Waals surface area contributed by atoms with Crippen molar-refractivity contribution in [2.24, 2.45) is 11.8 Å². The van der Waals surface area contributed by atoms with Gasteiger partial charge < -0.3 is 20.6 Å². The minimum absolute atomic E-state index is 0.00315. The highest BCUT2D eigenvalue weighted by molar-refractivity contribution is 5.87. The predicted octanol–water partition coefficient (Wildman–Crippen LogP) is 2.51. The lowest BCUT2D eigenvalue weighted by atomic mass is 9.94. The van der Waals surface area contributed by atoms with Crippen LogP contribution < -0.4 is 10.6 Å². The van der Waals surface area contributed by atoms with Gasteiger partial charge >= 0.3 is 12.0 Å². The molecule has 0 radical (unpaired) electrons. The first kappa shape index (κ1) is 21.7. The Morgan fingerprint density at radius 2 is 1.89 bits per heavy atom. The highest BCUT2D eigenvalue weighted by atomic mass is 16.4. The van der Waals surface area contributed by atoms with Crippen molar-refractivity contribution in [3.63, 3.8) is 0 Å². The first-order valence-corrected chi connectivity index (χ1v) is 9.97. The van der Waals surface area contributed by atoms with Gasteiger partial charge in [0.1, 0.15) is 0 Å². The van der Waals surface area contributed by atoms with Gasteiger partial charge in [-0.25, -0.2) is 9.59 Å². The molecular weight excluding hydrogens is 358 g/mol. The van der Waals surface area contributed by atoms with Gasteiger partial charge in [0, 0.05) is 32.6 Å². The topological polar surface area (TPSA) is 98.7 Å². The van der Waals surface area contributed by atoms with Crippen molar-refractivity contribution in [3.8, 4) is 0 Å². The quantitative estimate of drug-likeness (QED) is 0.636. The van der Waals surface area contributed by atoms with E-state index in [1.165, 1.54) is 0 Å². The third-order valence-electron chi connectivity index (χ3n) is 4.88. The molecule has 0 saturated carbocycles. The Hall–Kier alpha value is -2.57. The molecule has 2 rings (SSSR count). The highest BCUT2D eigenvalue weighted by Crippen LogP contribution is 2.19. The van der Waals surface area contributed by atoms with Crippen molar-refractivity contribution in [1.29, 1.82) is 0 Å². The average molecular weight is 389 g/mol. The van der Waals surface area contributed by atoms with E-state index in [2.05, 4.69) is 24.5 Å². The molecule has 3 amide bonds. The number of urea groups is 1. The number of nitrogens with one attached hydrogen (secondary N) is 2. The maximum Gasteiger partial charge on any atom is 0.335 e. The first-order chi connectivity index (χ1) is 13.3. The van der Waals surface area contributed by atoms with Crippen LogP contribution in [0.4, 0.5) is 4.79 Å². The fourth-order valence-corrected chi connectivity index (χ4v) is 3.31. The average Bonchev–Trinajstić information content (AvgIpc) is 2.66. The van der Waals surface area contributed by atoms with Crippen LogP contribution in [0.25, 0.3) is 0 Å². The number of carbonyl (C=O) groups is 3. The van der Waals surface area contributed by atoms with Gasteiger partial charge in [0.2, 0.25) is 5.91 Å². The first-order valence-electron chi connectivity index (χ1n) is 9.97. The molecular formula is C21H31N3O4. The molecule has 0 aromatic heterocycles. The highest BCUT2D eigenvalue weighted by Gasteiger charge is 2.25. The SMILES string of the molecule is CC(C)CNC(=O)N1CCCC(CC(=O)NCCc2ccc(C(=O)O)cc2)C1. The zero-order valence-corrected chi connectivity index (χ0v) is 16.7. The van der Waals surface area contributed by atoms with Crippen LogP contribution in [0.5, 0.6) is 0 Å². The number of amides is 3. The molecule has 1 saturated heterocycles. The molecule has 1 aliphatic rings. The second-order valence-corrected chi connectivity index (χ2v) is 7.84. The number of benzene rings is 1. The van der Waals surface area contributed by atoms with E-state index >= 15 is 0 Å². The van der Waals surface area contributed by atoms with Crippen molar-refractivity contribution in [2.75, 3.05) is 26.2 Å². The summed E-state index contributed by atoms with van der Waals surface area (Å²) in [4.78, 5) is 37.1. The number of aromatic carboxylic acids is 1. The van der Waals surface area contributed by atoms with Crippen LogP contribution in [-0.2, 0) is 11.2 Å². The van der Waals surface area contributed by atoms with Gasteiger partial charge in [-0.3, -0.25) is 4.79 Å². The summed E-state index contributed by atoms with van der Waals surface area (Å²) in [6.07, 6.45) is 2.95. The van der Waals surface area contributed by atoms with Crippen molar-refractivity contribution >= 4 is 17.9 Å². The maximum absolute atomic E-state index is 12.2. The van der Waals surface area contributed by atoms with E-state index in [1.54, 1.807) is 24.3 Å². The second-order valence-electron chi connectivity index (χ2n) is 7.84. The molecule has 7 nitrogen and oxygen atoms in total. The third-order valence-corrected chi connectivity index (χ3v) is 4.88. The molecule has 0 bridgehead atoms. The lowest BCUT2D eigenvalue weighted by molar-refractivity contribution is -0.122. The van der Waals surface area contributed by atoms with Crippen molar-refractivity contribution in [2.45, 2.75) is 39.5 Å². The Balaban J connectivity index is 1.70. The van der Waals surface area contributed by atoms with E-state index in [9.17, 15) is 14.4 Å². The largest absolute Gasteiger partial charge is 0.478 e. The lowest BCUT2D eigenvalue weighted by Gasteiger charge is -2.32. The zero-order chi connectivity index (χ0) is 20.5. The fourth-order valence-electron chi connectivity index (χ4n) is 3.31. The lowest BCUT2D eigenvalue weighted by Crippen LogP contribution is -2.47. The maximum atomic E-state index is 12.2. The Labute approximate surface area is 166 Å². The van der Waals surface area contributed by atoms with Crippen molar-refractivity contribution in [1.82, 2.24) is 15.5 Å². The van der Waals surface area contributed by atoms with E-state index in [-0.39, 0.29) is 23.4 Å². The van der Waals surface area contributed by atoms with Gasteiger partial charge in [-0.1, -0.05) is 26.0 Å². The normalized spacial score (nSPS) is 16.7. The van der Waals surface area contributed by atoms with Gasteiger partial charge in [0.05, 0.1) is 5.56 Å². The molecule has 1 aromatic rings. The summed E-state index contributed by atoms with van der Waals surface area (Å²) in [7, 11) is 0. The van der Waals surface area contributed by atoms with Crippen LogP contribution in [0.3, 0.4) is 0 Å². The number of rotatable bonds is 8. The summed E-state index contributed by atoms with van der Waals surface area (Å²) in [6, 6.07) is 6.64. The number of carboxylic acid groups (broad SMARTS) is 1. The minimum Gasteiger partial charge on any atom is -0.478 e. The van der Waals surface area contributed by atoms with Crippen molar-refractivity contribution in [3.05, 3.63) is 35.4 Å². The molecule has 0 spiro atoms. The van der Waals surface area contributed by atoms with Crippen molar-refractivity contribution < 1.29 is 19.5 Å². The molecule has 1 atom stereocenters. The number of piperidine rings is 1. The van der Waals surface area contributed by atoms with Crippen LogP contribution in [-0.4, -0.2) is 54.1 Å². The summed E-state index contributed by atoms with van der Waals surface area (Å²) in [5.74, 6) is -0.347. The molecule has 154 valence electrons. The van der Waals surface area contributed by atoms with Gasteiger partial charge in [0.25, 0.3) is 0 Å². The number of hydrogen-bond acceptors (Lipinski definition) is 3. The summed E-state index contributed by atoms with van der Waals surface area (Å²) >= 11 is 0. The summed E-state index contributed by atoms with van der Waals surface area (Å²) in [5.41, 5.74) is 1.24. The van der Waals surface area contributed by atoms with Gasteiger partial charge in [-0.15, -0.1) is 0 Å². The van der Waals surface area contributed by atoms with Crippen LogP contribution in [0, 0.1) is 11.8 Å². The number of carbonyl (C=O) groups excluding carboxylic acids is 2. The third kappa shape index (κ3) is 7.21. The summed E-state index contributed by atoms with van der Waals surface area (Å²) < 4.78 is 0. The summed E-state index contributed by atoms with van der Waals surface area (Å²) in [6.45, 7) is 6.65. The number of carboxylic acids is 1. The van der Waals surface area contributed by atoms with Gasteiger partial charge in [0.15, 0.2) is 0 Å². The Morgan fingerprint density at radius 1 is 1.18 bits per heavy atom. The monoisotopic (exact) mass is 389 g/mol. The van der Waals surface area contributed by atoms with Gasteiger partial charge in [-0.05, 0) is 48.8 Å². The van der Waals surface area contributed by atoms with Crippen LogP contribution in [0.1, 0.15) is 49.0 Å². The zero-order valence-electron chi connectivity index (χ0n) is 16.7. The fraction of sp³-hybridized carbons (Fsp3) is 0.571. The second kappa shape index (κ2) is 10.7. The molecule has 1 aromatic carbocycles. The smallest absolute Gasteiger partial charge is 0.335 e. The molecule has 1 fully saturated rings. The van der Waals surface area contributed by atoms with Crippen LogP contribution >= 0.6 is 0 Å². The van der Waals surface area contributed by atoms with Crippen LogP contribution in [0.2, 0.25) is 0 Å². The van der Waals surface area contributed by atoms with E-state index in [0.717, 1.165) is 24.9 Å². The standard InChI is InChI=1S/C21H31N3O4/c1-15(2)13-23-21(28)24-11-3-4-17(14-24)12-19(25)22-10-9-16-5-7-18(8-6-16)20(26)27/h5-8,15,17H,3-4,9-14H2,1-2H3,(H,22,25)(H,23,28)(H,26,27). The Morgan fingerprint density at radius 3 is 2.54 bits per heavy atom. The number of hydrogen-bond donors (Lipinski definition) is 3. The summed E-state index contributed by atoms with van der Waals surface area (Å²) in [5, 5.41) is 14.8. The van der Waals surface area contributed by atoms with E-state index < -0.39 is 5.97 Å². The minimum atomic E-state index is -0.945. The van der Waals surface area contributed by atoms with E-state index in [0.29, 0.717) is 38.4 Å². The van der Waals surface area contributed by atoms with Crippen LogP contribution in [0.15, 0.2) is 24.3 Å². The Bertz CT molecular complexity index is 673. The molecule has 3 N–H and O–H groups in total. The van der Waals surface area contributed by atoms with Gasteiger partial charge in [-0.2, -0.15) is 0 Å². The Kier molecular flexibility index (Phi) is 8.29. The molecule has 0 aliphatic carbocycles. The van der Waals surface area contributed by atoms with E-state index in [4.69, 9.17) is 5.11 Å². The van der Waals surface area contributed by atoms with E-state index in [1.807, 2.05) is 4.90 Å². The number of likely N-dealkylation sites (tertiary alicyclic amines) is 1. The number of nitrogens with zero attached hydrogens (tertiary/aromatic N) is 1. The molecule has 1 aliphatic heterocycles. The molecule has 7 heteroatoms. The molecule has 1 unspecified atom stereocenters. The predicted molar refractivity (Wildman–Crippen MR) is 107 cm³/mol.